The SMILES string of the molecule is CCS(=O)(=O)Nc1cccc2c1CCC2c1cnc[nH]1.O=C(O)/C=C\C(=O)O. The van der Waals surface area contributed by atoms with Crippen molar-refractivity contribution in [1.29, 1.82) is 0 Å². The molecule has 0 radical (unpaired) electrons. The Hall–Kier alpha value is -3.14. The number of hydrogen-bond acceptors (Lipinski definition) is 5. The number of fused-ring (bicyclic) bond motifs is 1. The zero-order chi connectivity index (χ0) is 20.7. The Morgan fingerprint density at radius 1 is 1.29 bits per heavy atom. The Kier molecular flexibility index (Phi) is 6.94. The Labute approximate surface area is 162 Å². The molecular formula is C18H21N3O6S. The summed E-state index contributed by atoms with van der Waals surface area (Å²) in [5, 5.41) is 15.6. The predicted octanol–water partition coefficient (Wildman–Crippen LogP) is 1.96. The van der Waals surface area contributed by atoms with Crippen LogP contribution in [0.25, 0.3) is 0 Å². The normalized spacial score (nSPS) is 15.5. The van der Waals surface area contributed by atoms with Crippen molar-refractivity contribution in [2.24, 2.45) is 0 Å². The number of benzene rings is 1. The molecule has 1 aliphatic carbocycles. The van der Waals surface area contributed by atoms with Crippen LogP contribution in [0.1, 0.15) is 36.1 Å². The molecule has 9 nitrogen and oxygen atoms in total. The van der Waals surface area contributed by atoms with E-state index in [0.717, 1.165) is 24.1 Å². The molecule has 1 heterocycles. The van der Waals surface area contributed by atoms with E-state index in [-0.39, 0.29) is 11.7 Å². The lowest BCUT2D eigenvalue weighted by Crippen LogP contribution is -2.15. The van der Waals surface area contributed by atoms with E-state index in [1.165, 1.54) is 5.56 Å². The van der Waals surface area contributed by atoms with Crippen LogP contribution in [0.5, 0.6) is 0 Å². The number of carboxylic acid groups (broad SMARTS) is 2. The monoisotopic (exact) mass is 407 g/mol. The lowest BCUT2D eigenvalue weighted by atomic mass is 9.98. The van der Waals surface area contributed by atoms with Crippen LogP contribution in [0.4, 0.5) is 5.69 Å². The number of H-pyrrole nitrogens is 1. The number of aromatic amines is 1. The molecule has 0 amide bonds. The number of anilines is 1. The molecule has 3 rings (SSSR count). The second-order valence-corrected chi connectivity index (χ2v) is 8.00. The van der Waals surface area contributed by atoms with Crippen molar-refractivity contribution in [2.75, 3.05) is 10.5 Å². The summed E-state index contributed by atoms with van der Waals surface area (Å²) in [4.78, 5) is 26.3. The largest absolute Gasteiger partial charge is 0.478 e. The van der Waals surface area contributed by atoms with E-state index in [1.807, 2.05) is 18.3 Å². The van der Waals surface area contributed by atoms with E-state index in [0.29, 0.717) is 17.8 Å². The van der Waals surface area contributed by atoms with Crippen molar-refractivity contribution in [3.05, 3.63) is 59.7 Å². The van der Waals surface area contributed by atoms with Crippen molar-refractivity contribution in [1.82, 2.24) is 9.97 Å². The fraction of sp³-hybridized carbons (Fsp3) is 0.278. The van der Waals surface area contributed by atoms with Crippen molar-refractivity contribution in [3.63, 3.8) is 0 Å². The van der Waals surface area contributed by atoms with Gasteiger partial charge in [-0.15, -0.1) is 0 Å². The Balaban J connectivity index is 0.000000300. The number of nitrogens with zero attached hydrogens (tertiary/aromatic N) is 1. The molecule has 4 N–H and O–H groups in total. The molecule has 0 saturated heterocycles. The highest BCUT2D eigenvalue weighted by Crippen LogP contribution is 2.40. The van der Waals surface area contributed by atoms with Gasteiger partial charge in [0.1, 0.15) is 0 Å². The number of carboxylic acids is 2. The minimum atomic E-state index is -3.24. The minimum absolute atomic E-state index is 0.0840. The molecule has 150 valence electrons. The standard InChI is InChI=1S/C14H17N3O2S.C4H4O4/c1-2-20(18,19)17-13-5-3-4-10-11(13)6-7-12(10)14-8-15-9-16-14;5-3(6)1-2-4(7)8/h3-5,8-9,12,17H,2,6-7H2,1H3,(H,15,16);1-2H,(H,5,6)(H,7,8)/b;2-1-. The average molecular weight is 407 g/mol. The van der Waals surface area contributed by atoms with Gasteiger partial charge in [0.15, 0.2) is 0 Å². The molecule has 0 bridgehead atoms. The van der Waals surface area contributed by atoms with E-state index in [4.69, 9.17) is 10.2 Å². The van der Waals surface area contributed by atoms with Crippen LogP contribution in [0.3, 0.4) is 0 Å². The highest BCUT2D eigenvalue weighted by molar-refractivity contribution is 7.92. The zero-order valence-electron chi connectivity index (χ0n) is 15.1. The van der Waals surface area contributed by atoms with Crippen LogP contribution < -0.4 is 4.72 Å². The lowest BCUT2D eigenvalue weighted by Gasteiger charge is -2.13. The Morgan fingerprint density at radius 3 is 2.50 bits per heavy atom. The van der Waals surface area contributed by atoms with Gasteiger partial charge in [0, 0.05) is 30.0 Å². The number of nitrogens with one attached hydrogen (secondary N) is 2. The molecule has 1 aromatic carbocycles. The van der Waals surface area contributed by atoms with Crippen LogP contribution in [0.15, 0.2) is 42.9 Å². The maximum atomic E-state index is 11.8. The molecule has 0 aliphatic heterocycles. The van der Waals surface area contributed by atoms with Gasteiger partial charge >= 0.3 is 11.9 Å². The summed E-state index contributed by atoms with van der Waals surface area (Å²) in [5.41, 5.74) is 4.08. The summed E-state index contributed by atoms with van der Waals surface area (Å²) < 4.78 is 26.2. The molecule has 10 heteroatoms. The van der Waals surface area contributed by atoms with E-state index in [2.05, 4.69) is 20.8 Å². The maximum absolute atomic E-state index is 11.8. The third kappa shape index (κ3) is 5.68. The summed E-state index contributed by atoms with van der Waals surface area (Å²) in [5.74, 6) is -2.15. The molecule has 1 unspecified atom stereocenters. The molecule has 0 saturated carbocycles. The highest BCUT2D eigenvalue weighted by Gasteiger charge is 2.27. The Bertz CT molecular complexity index is 951. The average Bonchev–Trinajstić information content (AvgIpc) is 3.30. The Morgan fingerprint density at radius 2 is 1.96 bits per heavy atom. The number of aliphatic carboxylic acids is 2. The first-order valence-electron chi connectivity index (χ1n) is 8.48. The van der Waals surface area contributed by atoms with E-state index in [9.17, 15) is 18.0 Å². The topological polar surface area (TPSA) is 149 Å². The first kappa shape index (κ1) is 21.2. The molecule has 1 atom stereocenters. The molecule has 1 aliphatic rings. The van der Waals surface area contributed by atoms with Crippen LogP contribution in [-0.2, 0) is 26.0 Å². The van der Waals surface area contributed by atoms with Gasteiger partial charge in [0.05, 0.1) is 17.8 Å². The fourth-order valence-corrected chi connectivity index (χ4v) is 3.58. The van der Waals surface area contributed by atoms with Gasteiger partial charge in [-0.05, 0) is 37.0 Å². The van der Waals surface area contributed by atoms with E-state index >= 15 is 0 Å². The first-order valence-corrected chi connectivity index (χ1v) is 10.1. The highest BCUT2D eigenvalue weighted by atomic mass is 32.2. The predicted molar refractivity (Wildman–Crippen MR) is 103 cm³/mol. The van der Waals surface area contributed by atoms with Crippen molar-refractivity contribution in [2.45, 2.75) is 25.7 Å². The molecule has 1 aromatic heterocycles. The van der Waals surface area contributed by atoms with Gasteiger partial charge in [-0.2, -0.15) is 0 Å². The second kappa shape index (κ2) is 9.18. The third-order valence-corrected chi connectivity index (χ3v) is 5.47. The fourth-order valence-electron chi connectivity index (χ4n) is 2.91. The second-order valence-electron chi connectivity index (χ2n) is 5.99. The summed E-state index contributed by atoms with van der Waals surface area (Å²) in [6.07, 6.45) is 6.48. The van der Waals surface area contributed by atoms with Crippen molar-refractivity contribution < 1.29 is 28.2 Å². The van der Waals surface area contributed by atoms with Gasteiger partial charge < -0.3 is 15.2 Å². The number of rotatable bonds is 6. The van der Waals surface area contributed by atoms with Crippen molar-refractivity contribution >= 4 is 27.6 Å². The van der Waals surface area contributed by atoms with Gasteiger partial charge in [0.25, 0.3) is 0 Å². The van der Waals surface area contributed by atoms with Gasteiger partial charge in [-0.3, -0.25) is 4.72 Å². The number of sulfonamides is 1. The zero-order valence-corrected chi connectivity index (χ0v) is 15.9. The van der Waals surface area contributed by atoms with Crippen LogP contribution in [0, 0.1) is 0 Å². The number of imidazole rings is 1. The molecule has 28 heavy (non-hydrogen) atoms. The molecule has 0 spiro atoms. The lowest BCUT2D eigenvalue weighted by molar-refractivity contribution is -0.134. The van der Waals surface area contributed by atoms with Gasteiger partial charge in [-0.25, -0.2) is 23.0 Å². The molecule has 2 aromatic rings. The quantitative estimate of drug-likeness (QED) is 0.535. The number of hydrogen-bond donors (Lipinski definition) is 4. The smallest absolute Gasteiger partial charge is 0.328 e. The number of carbonyl (C=O) groups is 2. The van der Waals surface area contributed by atoms with Crippen molar-refractivity contribution in [3.8, 4) is 0 Å². The van der Waals surface area contributed by atoms with Crippen LogP contribution in [-0.4, -0.2) is 46.3 Å². The number of aromatic nitrogens is 2. The molecule has 0 fully saturated rings. The minimum Gasteiger partial charge on any atom is -0.478 e. The van der Waals surface area contributed by atoms with Crippen LogP contribution >= 0.6 is 0 Å². The summed E-state index contributed by atoms with van der Waals surface area (Å²) in [7, 11) is -3.24. The van der Waals surface area contributed by atoms with Crippen LogP contribution in [0.2, 0.25) is 0 Å². The van der Waals surface area contributed by atoms with E-state index < -0.39 is 22.0 Å². The first-order chi connectivity index (χ1) is 13.2. The third-order valence-electron chi connectivity index (χ3n) is 4.18. The van der Waals surface area contributed by atoms with Gasteiger partial charge in [0.2, 0.25) is 10.0 Å². The summed E-state index contributed by atoms with van der Waals surface area (Å²) >= 11 is 0. The maximum Gasteiger partial charge on any atom is 0.328 e. The summed E-state index contributed by atoms with van der Waals surface area (Å²) in [6.45, 7) is 1.64. The molecular weight excluding hydrogens is 386 g/mol. The summed E-state index contributed by atoms with van der Waals surface area (Å²) in [6, 6.07) is 5.81. The van der Waals surface area contributed by atoms with E-state index in [1.54, 1.807) is 13.3 Å². The van der Waals surface area contributed by atoms with Gasteiger partial charge in [-0.1, -0.05) is 12.1 Å².